The predicted octanol–water partition coefficient (Wildman–Crippen LogP) is 3.38. The average molecular weight is 1240 g/mol. The molecule has 24 nitrogen and oxygen atoms in total. The van der Waals surface area contributed by atoms with Crippen molar-refractivity contribution in [1.82, 2.24) is 0 Å². The Morgan fingerprint density at radius 1 is 0.296 bits per heavy atom. The van der Waals surface area contributed by atoms with E-state index >= 15 is 0 Å². The lowest BCUT2D eigenvalue weighted by molar-refractivity contribution is -0.0267. The molecule has 9 fully saturated rings. The van der Waals surface area contributed by atoms with Crippen molar-refractivity contribution in [3.8, 4) is 0 Å². The molecule has 0 aromatic carbocycles. The molecule has 0 amide bonds. The standard InChI is InChI=1S/3C14H24B3O8P2/c1-7-11-9(22-13(7)15)5-20-27(4,19)25-12-8(2)14(17-16)23-10(12)6-21-26(3,18)24-11;1-7-9-5-20-26(3,18)24-11-8(2)13(15)22-10(11)6-21-27(4,19)25-12(7)14(17-16)23-9;1-7-9-5-20-27(4,19)25-12-8(2)10(23-14(12)17-16)6-21-26(3,18)24-11(7)13(15)22-9/h3*7-14H,5-6H2,1-4H3/t7-,8-,9-,10-,11+,12+,13?,14?,26?,27?;7-,8-,9-,10-,11+,12-,13?,14?,26?,27?;7-,8-,9-,10-,11-,12-,13?,14?,26?,27?/m111/s1. The fraction of sp³-hybridized carbons (Fsp3) is 1.00. The van der Waals surface area contributed by atoms with E-state index in [0.717, 1.165) is 0 Å². The second-order valence-electron chi connectivity index (χ2n) is 22.4. The van der Waals surface area contributed by atoms with Gasteiger partial charge in [0.15, 0.2) is 0 Å². The van der Waals surface area contributed by atoms with Gasteiger partial charge in [-0.3, -0.25) is 27.4 Å². The molecule has 0 aliphatic carbocycles. The Kier molecular flexibility index (Phi) is 24.3. The minimum atomic E-state index is -3.45. The Hall–Kier alpha value is 1.24. The highest BCUT2D eigenvalue weighted by atomic mass is 31.2. The highest BCUT2D eigenvalue weighted by Gasteiger charge is 2.52. The minimum Gasteiger partial charge on any atom is -0.379 e. The van der Waals surface area contributed by atoms with E-state index in [-0.39, 0.29) is 75.1 Å². The summed E-state index contributed by atoms with van der Waals surface area (Å²) < 4.78 is 179. The zero-order chi connectivity index (χ0) is 59.9. The van der Waals surface area contributed by atoms with Crippen LogP contribution in [0.3, 0.4) is 0 Å². The molecule has 9 aliphatic heterocycles. The second-order valence-corrected chi connectivity index (χ2v) is 34.5. The van der Waals surface area contributed by atoms with Gasteiger partial charge in [-0.25, -0.2) is 0 Å². The largest absolute Gasteiger partial charge is 0.379 e. The highest BCUT2D eigenvalue weighted by molar-refractivity contribution is 7.54. The molecule has 0 aromatic heterocycles. The number of fused-ring (bicyclic) bond motifs is 9. The van der Waals surface area contributed by atoms with E-state index in [1.54, 1.807) is 0 Å². The molecule has 9 rings (SSSR count). The first-order valence-corrected chi connectivity index (χ1v) is 38.8. The lowest BCUT2D eigenvalue weighted by atomic mass is 9.49. The van der Waals surface area contributed by atoms with Crippen LogP contribution in [0.2, 0.25) is 0 Å². The van der Waals surface area contributed by atoms with Crippen LogP contribution in [0.4, 0.5) is 0 Å². The lowest BCUT2D eigenvalue weighted by Gasteiger charge is -2.30. The van der Waals surface area contributed by atoms with E-state index in [4.69, 9.17) is 129 Å². The first kappa shape index (κ1) is 69.7. The first-order valence-electron chi connectivity index (χ1n) is 26.9. The summed E-state index contributed by atoms with van der Waals surface area (Å²) in [5, 5.41) is 0. The molecule has 0 N–H and O–H groups in total. The predicted molar refractivity (Wildman–Crippen MR) is 305 cm³/mol. The van der Waals surface area contributed by atoms with Crippen molar-refractivity contribution in [2.45, 2.75) is 151 Å². The molecule has 9 heterocycles. The van der Waals surface area contributed by atoms with Crippen molar-refractivity contribution in [1.29, 1.82) is 0 Å². The van der Waals surface area contributed by atoms with E-state index in [0.29, 0.717) is 0 Å². The summed E-state index contributed by atoms with van der Waals surface area (Å²) in [6, 6.07) is -3.62. The third kappa shape index (κ3) is 17.8. The Morgan fingerprint density at radius 2 is 0.531 bits per heavy atom. The van der Waals surface area contributed by atoms with E-state index in [1.165, 1.54) is 61.5 Å². The molecule has 30 atom stereocenters. The molecule has 9 aliphatic rings. The van der Waals surface area contributed by atoms with Crippen molar-refractivity contribution in [3.63, 3.8) is 0 Å². The summed E-state index contributed by atoms with van der Waals surface area (Å²) in [6.45, 7) is 19.2. The molecule has 0 spiro atoms. The van der Waals surface area contributed by atoms with Gasteiger partial charge >= 0.3 is 45.6 Å². The van der Waals surface area contributed by atoms with Gasteiger partial charge in [-0.15, -0.1) is 0 Å². The molecule has 0 aromatic rings. The molecular weight excluding hydrogens is 1170 g/mol. The number of hydrogen-bond acceptors (Lipinski definition) is 24. The summed E-state index contributed by atoms with van der Waals surface area (Å²) in [5.74, 6) is -1.36. The first-order chi connectivity index (χ1) is 37.6. The van der Waals surface area contributed by atoms with Crippen molar-refractivity contribution in [2.75, 3.05) is 79.6 Å². The highest BCUT2D eigenvalue weighted by Crippen LogP contribution is 2.57. The topological polar surface area (TPSA) is 269 Å². The van der Waals surface area contributed by atoms with Gasteiger partial charge in [0.05, 0.1) is 116 Å². The molecule has 39 heteroatoms. The SMILES string of the molecule is [B][B]C1O[C@@H]2COP(C)(=O)O[C@@H]3[C@@H](COP(C)(=O)O[C@@H]1[C@@H]2C)OC([B])[C@@H]3C.[B][B]C1O[C@@H]2COP(C)(=O)O[C@@H]3[C@@H](COP(C)(=O)O[C@H]2[C@H]1C)OC([B])[C@@H]3C.[B][B]C1O[C@@H]2COP(C)(=O)O[C@H]3C([B])O[C@H](COP(C)(=O)O[C@@H]1[C@@H]2C)[C@H]3C. The molecule has 441 valence electrons. The van der Waals surface area contributed by atoms with E-state index in [1.807, 2.05) is 41.5 Å². The maximum atomic E-state index is 12.9. The third-order valence-electron chi connectivity index (χ3n) is 15.8. The third-order valence-corrected chi connectivity index (χ3v) is 23.2. The quantitative estimate of drug-likeness (QED) is 0.289. The van der Waals surface area contributed by atoms with Crippen LogP contribution in [0.5, 0.6) is 0 Å². The van der Waals surface area contributed by atoms with Gasteiger partial charge in [0.1, 0.15) is 41.9 Å². The molecule has 12 unspecified atom stereocenters. The van der Waals surface area contributed by atoms with Gasteiger partial charge in [0.25, 0.3) is 0 Å². The zero-order valence-corrected chi connectivity index (χ0v) is 53.1. The molecule has 6 bridgehead atoms. The summed E-state index contributed by atoms with van der Waals surface area (Å²) in [5.41, 5.74) is 0. The van der Waals surface area contributed by atoms with Crippen molar-refractivity contribution < 1.29 is 110 Å². The monoisotopic (exact) mass is 1250 g/mol. The smallest absolute Gasteiger partial charge is 0.328 e. The van der Waals surface area contributed by atoms with Crippen LogP contribution in [0.1, 0.15) is 41.5 Å². The zero-order valence-electron chi connectivity index (χ0n) is 47.8. The van der Waals surface area contributed by atoms with Gasteiger partial charge in [-0.2, -0.15) is 0 Å². The normalized spacial score (nSPS) is 54.4. The average Bonchev–Trinajstić information content (AvgIpc) is 4.31. The molecule has 0 saturated carbocycles. The fourth-order valence-electron chi connectivity index (χ4n) is 10.8. The van der Waals surface area contributed by atoms with Gasteiger partial charge < -0.3 is 82.7 Å². The second kappa shape index (κ2) is 28.2. The van der Waals surface area contributed by atoms with Gasteiger partial charge in [-0.1, -0.05) is 41.5 Å². The van der Waals surface area contributed by atoms with Crippen molar-refractivity contribution >= 4 is 114 Å². The van der Waals surface area contributed by atoms with Crippen molar-refractivity contribution in [2.24, 2.45) is 35.5 Å². The Morgan fingerprint density at radius 3 is 0.864 bits per heavy atom. The molecule has 9 saturated heterocycles. The summed E-state index contributed by atoms with van der Waals surface area (Å²) in [6.07, 6.45) is -6.97. The van der Waals surface area contributed by atoms with Gasteiger partial charge in [0.2, 0.25) is 0 Å². The van der Waals surface area contributed by atoms with Crippen LogP contribution in [0.25, 0.3) is 0 Å². The van der Waals surface area contributed by atoms with Gasteiger partial charge in [0, 0.05) is 135 Å². The lowest BCUT2D eigenvalue weighted by Crippen LogP contribution is -2.35. The number of hydrogen-bond donors (Lipinski definition) is 0. The van der Waals surface area contributed by atoms with E-state index < -0.39 is 155 Å². The molecular formula is C42H72B9O24P6. The van der Waals surface area contributed by atoms with Crippen molar-refractivity contribution in [3.05, 3.63) is 0 Å². The minimum absolute atomic E-state index is 0.000228. The van der Waals surface area contributed by atoms with Crippen LogP contribution >= 0.6 is 45.6 Å². The Bertz CT molecular complexity index is 2410. The Balaban J connectivity index is 0.000000175. The number of ether oxygens (including phenoxy) is 6. The molecule has 15 radical (unpaired) electrons. The number of rotatable bonds is 3. The maximum Gasteiger partial charge on any atom is 0.328 e. The van der Waals surface area contributed by atoms with Crippen LogP contribution < -0.4 is 0 Å². The maximum absolute atomic E-state index is 12.9. The van der Waals surface area contributed by atoms with Crippen LogP contribution in [0.15, 0.2) is 0 Å². The van der Waals surface area contributed by atoms with Gasteiger partial charge in [-0.05, 0) is 0 Å². The van der Waals surface area contributed by atoms with E-state index in [9.17, 15) is 27.4 Å². The van der Waals surface area contributed by atoms with Crippen LogP contribution in [-0.4, -0.2) is 257 Å². The Labute approximate surface area is 487 Å². The van der Waals surface area contributed by atoms with Crippen LogP contribution in [0, 0.1) is 35.5 Å². The van der Waals surface area contributed by atoms with E-state index in [2.05, 4.69) is 0 Å². The fourth-order valence-corrected chi connectivity index (χ4v) is 18.2. The molecule has 81 heavy (non-hydrogen) atoms. The summed E-state index contributed by atoms with van der Waals surface area (Å²) in [4.78, 5) is 0. The van der Waals surface area contributed by atoms with Crippen LogP contribution in [-0.2, 0) is 110 Å². The summed E-state index contributed by atoms with van der Waals surface area (Å²) >= 11 is 0. The summed E-state index contributed by atoms with van der Waals surface area (Å²) in [7, 11) is 18.3.